The number of carbonyl (C=O) groups is 1. The number of ether oxygens (including phenoxy) is 2. The number of esters is 1. The molecule has 13 aromatic rings. The van der Waals surface area contributed by atoms with Gasteiger partial charge >= 0.3 is 5.97 Å². The van der Waals surface area contributed by atoms with Crippen LogP contribution in [0.5, 0.6) is 0 Å². The van der Waals surface area contributed by atoms with Crippen LogP contribution < -0.4 is 0 Å². The van der Waals surface area contributed by atoms with Crippen LogP contribution in [-0.4, -0.2) is 87.5 Å². The van der Waals surface area contributed by atoms with Crippen LogP contribution in [0.25, 0.3) is 77.4 Å². The minimum atomic E-state index is -0.568. The van der Waals surface area contributed by atoms with Crippen molar-refractivity contribution in [1.29, 1.82) is 0 Å². The minimum Gasteiger partial charge on any atom is -0.464 e. The van der Waals surface area contributed by atoms with Crippen LogP contribution in [0.15, 0.2) is 159 Å². The van der Waals surface area contributed by atoms with Gasteiger partial charge in [0.2, 0.25) is 0 Å². The molecule has 4 atom stereocenters. The van der Waals surface area contributed by atoms with Crippen LogP contribution in [-0.2, 0) is 29.0 Å². The van der Waals surface area contributed by atoms with Gasteiger partial charge in [-0.2, -0.15) is 0 Å². The molecule has 1 aromatic carbocycles. The van der Waals surface area contributed by atoms with Gasteiger partial charge in [-0.15, -0.1) is 23.2 Å². The molecule has 1 aliphatic rings. The van der Waals surface area contributed by atoms with Crippen LogP contribution in [0.2, 0.25) is 46.4 Å². The zero-order valence-corrected chi connectivity index (χ0v) is 54.6. The molecule has 1 fully saturated rings. The Bertz CT molecular complexity index is 4380. The number of aromatic nitrogens is 14. The number of fused-ring (bicyclic) bond motifs is 6. The Morgan fingerprint density at radius 1 is 0.636 bits per heavy atom. The summed E-state index contributed by atoms with van der Waals surface area (Å²) < 4.78 is 35.5. The molecule has 24 nitrogen and oxygen atoms in total. The molecule has 13 heterocycles. The Morgan fingerprint density at radius 2 is 1.19 bits per heavy atom. The second-order valence-electron chi connectivity index (χ2n) is 17.2. The molecule has 12 aromatic heterocycles. The predicted molar refractivity (Wildman–Crippen MR) is 326 cm³/mol. The second kappa shape index (κ2) is 31.5. The van der Waals surface area contributed by atoms with Gasteiger partial charge in [0.15, 0.2) is 29.1 Å². The molecule has 444 valence electrons. The van der Waals surface area contributed by atoms with Gasteiger partial charge in [0, 0.05) is 48.5 Å². The number of azide groups is 1. The van der Waals surface area contributed by atoms with Gasteiger partial charge in [0.1, 0.15) is 97.0 Å². The van der Waals surface area contributed by atoms with E-state index in [1.165, 1.54) is 56.6 Å². The van der Waals surface area contributed by atoms with Crippen molar-refractivity contribution in [2.45, 2.75) is 38.7 Å². The Morgan fingerprint density at radius 3 is 1.78 bits per heavy atom. The molecule has 0 saturated carbocycles. The standard InChI is InChI=1S/C22H20ClN3O4.C8H4Cl2N2O.C8H4ClN5O.C8H4ClN3O.C4H2Cl2N2.C4HCl2N2.Zn/c1-3-15-12(2)17(30-22(27)13-7-5-4-6-8-13)21(29-15)26-14-9-10-28-18(14)16-19(23)24-11-25-20(16)26;9-7-6(5-2-1-3-13-5)8(10)12-4-11-7;9-7-6(5-2-1-3-15-5)8(13-14-10)12-4-11-7;9-7-5-6-4(1-2-13-6)12-8(5)11-3-10-7;2*5-3-1-4(6)8-2-7-3;/h4-12,15,17,21H,3H2,1-2H3;1-4H;1-4H;1-3H,(H,10,11,12);1-2H;2H;/q;;;;;-1;/t12-,15-,17-,21-;;;;;;/m1....../s1. The third-order valence-electron chi connectivity index (χ3n) is 12.1. The number of furan rings is 4. The van der Waals surface area contributed by atoms with E-state index >= 15 is 0 Å². The SMILES string of the molecule is CC[C@H]1O[C@@H](n2c3ccoc3c3c(Cl)ncnc32)[C@H](OC(=O)c2ccccc2)[C@@H]1C.Clc1[c-]c(Cl)ncn1.Clc1cc(Cl)ncn1.Clc1ncnc(Cl)c1-c1ccco1.Clc1ncnc2[nH]c3ccoc3c12.[N-]=[N+]=Nc1ncnc(Cl)c1-c1ccco1.[Zn]. The van der Waals surface area contributed by atoms with Crippen LogP contribution in [0.4, 0.5) is 5.82 Å². The van der Waals surface area contributed by atoms with E-state index in [2.05, 4.69) is 87.8 Å². The quantitative estimate of drug-likeness (QED) is 0.0295. The average Bonchev–Trinajstić information content (AvgIpc) is 1.71. The van der Waals surface area contributed by atoms with Crippen LogP contribution in [0, 0.1) is 12.0 Å². The number of nitrogens with one attached hydrogen (secondary N) is 1. The summed E-state index contributed by atoms with van der Waals surface area (Å²) in [6, 6.07) is 23.4. The Hall–Kier alpha value is -7.61. The molecule has 14 rings (SSSR count). The molecular formula is C54H35Cl9N17O7Zn-. The summed E-state index contributed by atoms with van der Waals surface area (Å²) in [5, 5.41) is 7.44. The van der Waals surface area contributed by atoms with E-state index in [-0.39, 0.29) is 69.1 Å². The van der Waals surface area contributed by atoms with E-state index in [0.717, 1.165) is 22.8 Å². The zero-order valence-electron chi connectivity index (χ0n) is 44.8. The fraction of sp³-hybridized carbons (Fsp3) is 0.130. The summed E-state index contributed by atoms with van der Waals surface area (Å²) in [7, 11) is 0. The summed E-state index contributed by atoms with van der Waals surface area (Å²) in [6.45, 7) is 4.09. The molecule has 0 unspecified atom stereocenters. The van der Waals surface area contributed by atoms with Crippen molar-refractivity contribution in [3.63, 3.8) is 0 Å². The molecule has 0 spiro atoms. The molecule has 88 heavy (non-hydrogen) atoms. The summed E-state index contributed by atoms with van der Waals surface area (Å²) in [5.74, 6) is 0.779. The molecule has 34 heteroatoms. The van der Waals surface area contributed by atoms with Crippen LogP contribution in [0.3, 0.4) is 0 Å². The molecule has 0 amide bonds. The third kappa shape index (κ3) is 16.0. The number of hydrogen-bond donors (Lipinski definition) is 1. The second-order valence-corrected chi connectivity index (χ2v) is 20.5. The fourth-order valence-corrected chi connectivity index (χ4v) is 10.1. The van der Waals surface area contributed by atoms with Gasteiger partial charge in [0.05, 0.1) is 69.7 Å². The summed E-state index contributed by atoms with van der Waals surface area (Å²) in [4.78, 5) is 64.5. The molecule has 1 aliphatic heterocycles. The maximum Gasteiger partial charge on any atom is 0.338 e. The smallest absolute Gasteiger partial charge is 0.338 e. The van der Waals surface area contributed by atoms with Crippen molar-refractivity contribution in [2.75, 3.05) is 0 Å². The first-order valence-corrected chi connectivity index (χ1v) is 28.2. The maximum absolute atomic E-state index is 12.8. The first-order chi connectivity index (χ1) is 42.1. The summed E-state index contributed by atoms with van der Waals surface area (Å²) in [6.07, 6.45) is 13.8. The number of carbonyl (C=O) groups excluding carboxylic acids is 1. The van der Waals surface area contributed by atoms with Gasteiger partial charge in [0.25, 0.3) is 0 Å². The monoisotopic (exact) mass is 1410 g/mol. The Kier molecular flexibility index (Phi) is 23.8. The molecular weight excluding hydrogens is 1380 g/mol. The van der Waals surface area contributed by atoms with Gasteiger partial charge in [-0.05, 0) is 63.8 Å². The fourth-order valence-electron chi connectivity index (χ4n) is 8.30. The normalized spacial score (nSPS) is 14.7. The first kappa shape index (κ1) is 66.3. The molecule has 0 radical (unpaired) electrons. The molecule has 1 saturated heterocycles. The molecule has 0 bridgehead atoms. The zero-order chi connectivity index (χ0) is 61.6. The largest absolute Gasteiger partial charge is 0.464 e. The number of nitrogens with zero attached hydrogens (tertiary/aromatic N) is 16. The van der Waals surface area contributed by atoms with Crippen molar-refractivity contribution < 1.29 is 51.4 Å². The van der Waals surface area contributed by atoms with E-state index in [1.54, 1.807) is 48.9 Å². The van der Waals surface area contributed by atoms with E-state index in [4.69, 9.17) is 137 Å². The topological polar surface area (TPSA) is 312 Å². The van der Waals surface area contributed by atoms with E-state index in [0.29, 0.717) is 76.7 Å². The number of H-pyrrole nitrogens is 1. The number of rotatable bonds is 7. The Labute approximate surface area is 553 Å². The minimum absolute atomic E-state index is 0. The van der Waals surface area contributed by atoms with Crippen molar-refractivity contribution in [1.82, 2.24) is 69.4 Å². The van der Waals surface area contributed by atoms with Gasteiger partial charge in [-0.3, -0.25) is 14.5 Å². The van der Waals surface area contributed by atoms with E-state index < -0.39 is 12.3 Å². The number of halogens is 9. The van der Waals surface area contributed by atoms with E-state index in [1.807, 2.05) is 41.8 Å². The van der Waals surface area contributed by atoms with Crippen LogP contribution in [0.1, 0.15) is 36.9 Å². The molecule has 0 aliphatic carbocycles. The third-order valence-corrected chi connectivity index (χ3v) is 14.3. The van der Waals surface area contributed by atoms with Crippen molar-refractivity contribution >= 4 is 160 Å². The van der Waals surface area contributed by atoms with Gasteiger partial charge < -0.3 is 38.2 Å². The summed E-state index contributed by atoms with van der Waals surface area (Å²) in [5.41, 5.74) is 14.0. The number of aromatic amines is 1. The Balaban J connectivity index is 0.000000147. The predicted octanol–water partition coefficient (Wildman–Crippen LogP) is 17.1. The van der Waals surface area contributed by atoms with E-state index in [9.17, 15) is 4.79 Å². The van der Waals surface area contributed by atoms with Crippen molar-refractivity contribution in [2.24, 2.45) is 11.0 Å². The first-order valence-electron chi connectivity index (χ1n) is 24.8. The van der Waals surface area contributed by atoms with Gasteiger partial charge in [-0.25, -0.2) is 54.6 Å². The van der Waals surface area contributed by atoms with Crippen LogP contribution >= 0.6 is 104 Å². The number of hydrogen-bond acceptors (Lipinski definition) is 20. The van der Waals surface area contributed by atoms with Gasteiger partial charge in [-0.1, -0.05) is 113 Å². The van der Waals surface area contributed by atoms with Crippen molar-refractivity contribution in [3.05, 3.63) is 204 Å². The molecule has 1 N–H and O–H groups in total. The average molecular weight is 1420 g/mol. The summed E-state index contributed by atoms with van der Waals surface area (Å²) >= 11 is 51.3. The van der Waals surface area contributed by atoms with Crippen molar-refractivity contribution in [3.8, 4) is 22.6 Å². The maximum atomic E-state index is 12.8. The number of benzene rings is 1.